The highest BCUT2D eigenvalue weighted by Crippen LogP contribution is 2.21. The fraction of sp³-hybridized carbons (Fsp3) is 0.353. The van der Waals surface area contributed by atoms with E-state index in [-0.39, 0.29) is 11.8 Å². The topological polar surface area (TPSA) is 102 Å². The average molecular weight is 394 g/mol. The number of nitrogens with one attached hydrogen (secondary N) is 2. The van der Waals surface area contributed by atoms with Gasteiger partial charge in [0.25, 0.3) is 11.7 Å². The smallest absolute Gasteiger partial charge is 0.340 e. The van der Waals surface area contributed by atoms with E-state index in [1.807, 2.05) is 6.08 Å². The first-order chi connectivity index (χ1) is 13.3. The van der Waals surface area contributed by atoms with Gasteiger partial charge in [0.05, 0.1) is 5.69 Å². The van der Waals surface area contributed by atoms with Gasteiger partial charge in [0.15, 0.2) is 0 Å². The predicted octanol–water partition coefficient (Wildman–Crippen LogP) is 2.25. The van der Waals surface area contributed by atoms with Gasteiger partial charge in [0, 0.05) is 11.6 Å². The molecule has 1 aliphatic rings. The van der Waals surface area contributed by atoms with E-state index in [0.29, 0.717) is 17.8 Å². The van der Waals surface area contributed by atoms with Crippen molar-refractivity contribution in [3.05, 3.63) is 42.2 Å². The molecule has 0 saturated heterocycles. The normalized spacial score (nSPS) is 16.6. The van der Waals surface area contributed by atoms with Crippen LogP contribution in [0, 0.1) is 5.92 Å². The van der Waals surface area contributed by atoms with Crippen LogP contribution in [0.4, 0.5) is 18.9 Å². The monoisotopic (exact) mass is 394 g/mol. The van der Waals surface area contributed by atoms with Crippen LogP contribution in [0.5, 0.6) is 0 Å². The number of halogens is 3. The van der Waals surface area contributed by atoms with Crippen molar-refractivity contribution >= 4 is 17.5 Å². The number of aromatic nitrogens is 4. The Labute approximate surface area is 157 Å². The minimum Gasteiger partial charge on any atom is -0.340 e. The van der Waals surface area contributed by atoms with Crippen LogP contribution in [0.15, 0.2) is 36.4 Å². The first-order valence-corrected chi connectivity index (χ1v) is 8.53. The third-order valence-corrected chi connectivity index (χ3v) is 4.07. The molecule has 1 atom stereocenters. The van der Waals surface area contributed by atoms with Gasteiger partial charge >= 0.3 is 6.18 Å². The fourth-order valence-electron chi connectivity index (χ4n) is 2.63. The molecule has 0 bridgehead atoms. The summed E-state index contributed by atoms with van der Waals surface area (Å²) in [6, 6.07) is 6.46. The first-order valence-electron chi connectivity index (χ1n) is 8.53. The van der Waals surface area contributed by atoms with Crippen LogP contribution in [0.3, 0.4) is 0 Å². The van der Waals surface area contributed by atoms with Crippen molar-refractivity contribution in [2.75, 3.05) is 11.9 Å². The van der Waals surface area contributed by atoms with Gasteiger partial charge in [-0.2, -0.15) is 13.2 Å². The maximum atomic E-state index is 12.2. The summed E-state index contributed by atoms with van der Waals surface area (Å²) in [5.41, 5.74) is 1.02. The van der Waals surface area contributed by atoms with Crippen molar-refractivity contribution in [3.8, 4) is 5.69 Å². The SMILES string of the molecule is O=C(NCC(F)(F)F)c1nnn(-c2ccc(NC(=O)[C@H]3CC=CCC3)cc2)n1. The van der Waals surface area contributed by atoms with Gasteiger partial charge in [-0.25, -0.2) is 0 Å². The fourth-order valence-corrected chi connectivity index (χ4v) is 2.63. The number of rotatable bonds is 5. The molecule has 8 nitrogen and oxygen atoms in total. The quantitative estimate of drug-likeness (QED) is 0.758. The van der Waals surface area contributed by atoms with Crippen molar-refractivity contribution < 1.29 is 22.8 Å². The third-order valence-electron chi connectivity index (χ3n) is 4.07. The second kappa shape index (κ2) is 8.19. The molecule has 1 aromatic carbocycles. The van der Waals surface area contributed by atoms with E-state index in [9.17, 15) is 22.8 Å². The largest absolute Gasteiger partial charge is 0.405 e. The van der Waals surface area contributed by atoms with Gasteiger partial charge in [-0.3, -0.25) is 9.59 Å². The molecule has 0 radical (unpaired) electrons. The number of alkyl halides is 3. The molecular formula is C17H17F3N6O2. The van der Waals surface area contributed by atoms with E-state index in [0.717, 1.165) is 17.6 Å². The highest BCUT2D eigenvalue weighted by molar-refractivity contribution is 5.92. The molecule has 2 aromatic rings. The predicted molar refractivity (Wildman–Crippen MR) is 92.7 cm³/mol. The lowest BCUT2D eigenvalue weighted by molar-refractivity contribution is -0.123. The van der Waals surface area contributed by atoms with E-state index >= 15 is 0 Å². The average Bonchev–Trinajstić information content (AvgIpc) is 3.17. The Kier molecular flexibility index (Phi) is 5.71. The number of allylic oxidation sites excluding steroid dienone is 2. The Hall–Kier alpha value is -3.24. The van der Waals surface area contributed by atoms with E-state index in [2.05, 4.69) is 26.8 Å². The number of anilines is 1. The highest BCUT2D eigenvalue weighted by atomic mass is 19.4. The van der Waals surface area contributed by atoms with Gasteiger partial charge in [-0.05, 0) is 48.7 Å². The molecule has 2 N–H and O–H groups in total. The van der Waals surface area contributed by atoms with Crippen LogP contribution in [-0.2, 0) is 4.79 Å². The maximum Gasteiger partial charge on any atom is 0.405 e. The molecule has 11 heteroatoms. The highest BCUT2D eigenvalue weighted by Gasteiger charge is 2.28. The number of tetrazole rings is 1. The van der Waals surface area contributed by atoms with Crippen molar-refractivity contribution in [1.82, 2.24) is 25.5 Å². The third kappa shape index (κ3) is 5.15. The summed E-state index contributed by atoms with van der Waals surface area (Å²) >= 11 is 0. The number of hydrogen-bond acceptors (Lipinski definition) is 5. The van der Waals surface area contributed by atoms with Crippen LogP contribution in [0.2, 0.25) is 0 Å². The van der Waals surface area contributed by atoms with Gasteiger partial charge in [0.1, 0.15) is 6.54 Å². The van der Waals surface area contributed by atoms with Gasteiger partial charge in [-0.1, -0.05) is 12.2 Å². The lowest BCUT2D eigenvalue weighted by atomic mass is 9.93. The molecule has 1 aromatic heterocycles. The van der Waals surface area contributed by atoms with Crippen LogP contribution >= 0.6 is 0 Å². The minimum atomic E-state index is -4.53. The zero-order valence-corrected chi connectivity index (χ0v) is 14.6. The number of carbonyl (C=O) groups excluding carboxylic acids is 2. The van der Waals surface area contributed by atoms with E-state index in [1.54, 1.807) is 29.6 Å². The molecule has 0 spiro atoms. The van der Waals surface area contributed by atoms with Gasteiger partial charge < -0.3 is 10.6 Å². The van der Waals surface area contributed by atoms with Crippen molar-refractivity contribution in [3.63, 3.8) is 0 Å². The first kappa shape index (κ1) is 19.5. The molecule has 0 saturated carbocycles. The van der Waals surface area contributed by atoms with Crippen molar-refractivity contribution in [2.45, 2.75) is 25.4 Å². The number of benzene rings is 1. The lowest BCUT2D eigenvalue weighted by Gasteiger charge is -2.17. The Morgan fingerprint density at radius 1 is 1.18 bits per heavy atom. The van der Waals surface area contributed by atoms with Crippen molar-refractivity contribution in [2.24, 2.45) is 5.92 Å². The molecule has 3 rings (SSSR count). The summed E-state index contributed by atoms with van der Waals surface area (Å²) < 4.78 is 36.4. The van der Waals surface area contributed by atoms with E-state index in [1.165, 1.54) is 0 Å². The zero-order chi connectivity index (χ0) is 20.1. The summed E-state index contributed by atoms with van der Waals surface area (Å²) in [6.45, 7) is -1.48. The molecule has 148 valence electrons. The Balaban J connectivity index is 1.60. The molecule has 1 aliphatic carbocycles. The minimum absolute atomic E-state index is 0.0559. The lowest BCUT2D eigenvalue weighted by Crippen LogP contribution is -2.34. The number of nitrogens with zero attached hydrogens (tertiary/aromatic N) is 4. The van der Waals surface area contributed by atoms with Crippen molar-refractivity contribution in [1.29, 1.82) is 0 Å². The molecule has 0 fully saturated rings. The second-order valence-electron chi connectivity index (χ2n) is 6.22. The standard InChI is InChI=1S/C17H17F3N6O2/c18-17(19,20)10-21-16(28)14-23-25-26(24-14)13-8-6-12(7-9-13)22-15(27)11-4-2-1-3-5-11/h1-2,6-9,11H,3-5,10H2,(H,21,28)(H,22,27)/t11-/m0/s1. The Morgan fingerprint density at radius 2 is 1.93 bits per heavy atom. The molecular weight excluding hydrogens is 377 g/mol. The number of hydrogen-bond donors (Lipinski definition) is 2. The van der Waals surface area contributed by atoms with Crippen LogP contribution in [0.1, 0.15) is 29.9 Å². The van der Waals surface area contributed by atoms with Crippen LogP contribution in [-0.4, -0.2) is 44.7 Å². The molecule has 2 amide bonds. The number of amides is 2. The molecule has 28 heavy (non-hydrogen) atoms. The second-order valence-corrected chi connectivity index (χ2v) is 6.22. The van der Waals surface area contributed by atoms with Crippen LogP contribution < -0.4 is 10.6 Å². The maximum absolute atomic E-state index is 12.2. The summed E-state index contributed by atoms with van der Waals surface area (Å²) in [6.07, 6.45) is 1.93. The Bertz CT molecular complexity index is 876. The molecule has 1 heterocycles. The van der Waals surface area contributed by atoms with E-state index in [4.69, 9.17) is 0 Å². The van der Waals surface area contributed by atoms with Crippen LogP contribution in [0.25, 0.3) is 5.69 Å². The molecule has 0 unspecified atom stereocenters. The molecule has 0 aliphatic heterocycles. The van der Waals surface area contributed by atoms with Gasteiger partial charge in [0.2, 0.25) is 5.91 Å². The Morgan fingerprint density at radius 3 is 2.57 bits per heavy atom. The zero-order valence-electron chi connectivity index (χ0n) is 14.6. The summed E-state index contributed by atoms with van der Waals surface area (Å²) in [7, 11) is 0. The summed E-state index contributed by atoms with van der Waals surface area (Å²) in [5.74, 6) is -1.67. The summed E-state index contributed by atoms with van der Waals surface area (Å²) in [5, 5.41) is 15.4. The summed E-state index contributed by atoms with van der Waals surface area (Å²) in [4.78, 5) is 24.9. The number of carbonyl (C=O) groups is 2. The van der Waals surface area contributed by atoms with E-state index < -0.39 is 24.5 Å². The van der Waals surface area contributed by atoms with Gasteiger partial charge in [-0.15, -0.1) is 15.0 Å².